The van der Waals surface area contributed by atoms with Gasteiger partial charge in [0.05, 0.1) is 12.3 Å². The third-order valence-electron chi connectivity index (χ3n) is 3.74. The highest BCUT2D eigenvalue weighted by molar-refractivity contribution is 5.96. The second-order valence-corrected chi connectivity index (χ2v) is 5.09. The van der Waals surface area contributed by atoms with Crippen LogP contribution in [0.15, 0.2) is 48.8 Å². The summed E-state index contributed by atoms with van der Waals surface area (Å²) in [6, 6.07) is 14.5. The van der Waals surface area contributed by atoms with Crippen LogP contribution < -0.4 is 15.4 Å². The van der Waals surface area contributed by atoms with E-state index < -0.39 is 0 Å². The molecule has 2 aromatic carbocycles. The second-order valence-electron chi connectivity index (χ2n) is 5.09. The molecular weight excluding hydrogens is 288 g/mol. The Morgan fingerprint density at radius 3 is 2.61 bits per heavy atom. The number of benzene rings is 2. The Balaban J connectivity index is 2.15. The lowest BCUT2D eigenvalue weighted by molar-refractivity contribution is 0.328. The molecule has 3 aromatic rings. The molecule has 0 saturated carbocycles. The predicted octanol–water partition coefficient (Wildman–Crippen LogP) is 3.77. The highest BCUT2D eigenvalue weighted by Gasteiger charge is 2.17. The van der Waals surface area contributed by atoms with Gasteiger partial charge < -0.3 is 15.4 Å². The number of fused-ring (bicyclic) bond motifs is 1. The summed E-state index contributed by atoms with van der Waals surface area (Å²) in [5.41, 5.74) is 7.77. The molecule has 0 aliphatic heterocycles. The van der Waals surface area contributed by atoms with Crippen LogP contribution in [0.1, 0.15) is 13.8 Å². The smallest absolute Gasteiger partial charge is 0.242 e. The molecule has 0 atom stereocenters. The number of aromatic nitrogens is 2. The van der Waals surface area contributed by atoms with Gasteiger partial charge in [-0.15, -0.1) is 0 Å². The van der Waals surface area contributed by atoms with Crippen molar-refractivity contribution in [3.05, 3.63) is 48.8 Å². The number of hydrogen-bond acceptors (Lipinski definition) is 5. The van der Waals surface area contributed by atoms with Crippen LogP contribution in [-0.2, 0) is 0 Å². The van der Waals surface area contributed by atoms with E-state index in [0.717, 1.165) is 17.6 Å². The molecule has 3 rings (SSSR count). The SMILES string of the molecule is CCOc1ncnc(N(CC)c2cccc3ccccc23)c1N. The predicted molar refractivity (Wildman–Crippen MR) is 94.2 cm³/mol. The molecule has 5 nitrogen and oxygen atoms in total. The Hall–Kier alpha value is -2.82. The summed E-state index contributed by atoms with van der Waals surface area (Å²) in [6.45, 7) is 5.23. The Morgan fingerprint density at radius 1 is 1.04 bits per heavy atom. The van der Waals surface area contributed by atoms with Crippen molar-refractivity contribution < 1.29 is 4.74 Å². The van der Waals surface area contributed by atoms with Crippen molar-refractivity contribution in [2.24, 2.45) is 0 Å². The Morgan fingerprint density at radius 2 is 1.83 bits per heavy atom. The molecule has 0 radical (unpaired) electrons. The van der Waals surface area contributed by atoms with Crippen LogP contribution in [0, 0.1) is 0 Å². The first-order chi connectivity index (χ1) is 11.3. The molecule has 0 aliphatic carbocycles. The van der Waals surface area contributed by atoms with Gasteiger partial charge in [-0.25, -0.2) is 4.98 Å². The lowest BCUT2D eigenvalue weighted by Crippen LogP contribution is -2.20. The number of rotatable bonds is 5. The number of nitrogens with two attached hydrogens (primary N) is 1. The van der Waals surface area contributed by atoms with E-state index in [-0.39, 0.29) is 0 Å². The molecule has 0 fully saturated rings. The normalized spacial score (nSPS) is 10.7. The van der Waals surface area contributed by atoms with Crippen LogP contribution >= 0.6 is 0 Å². The van der Waals surface area contributed by atoms with Gasteiger partial charge in [0.15, 0.2) is 5.82 Å². The average Bonchev–Trinajstić information content (AvgIpc) is 2.59. The van der Waals surface area contributed by atoms with Crippen molar-refractivity contribution in [2.75, 3.05) is 23.8 Å². The van der Waals surface area contributed by atoms with Crippen LogP contribution in [0.5, 0.6) is 5.88 Å². The van der Waals surface area contributed by atoms with Crippen molar-refractivity contribution in [2.45, 2.75) is 13.8 Å². The van der Waals surface area contributed by atoms with Crippen molar-refractivity contribution >= 4 is 28.0 Å². The Kier molecular flexibility index (Phi) is 4.28. The molecule has 118 valence electrons. The molecule has 5 heteroatoms. The summed E-state index contributed by atoms with van der Waals surface area (Å²) >= 11 is 0. The lowest BCUT2D eigenvalue weighted by Gasteiger charge is -2.25. The molecule has 1 aromatic heterocycles. The third kappa shape index (κ3) is 2.77. The minimum Gasteiger partial charge on any atom is -0.476 e. The van der Waals surface area contributed by atoms with Crippen molar-refractivity contribution in [3.63, 3.8) is 0 Å². The molecule has 2 N–H and O–H groups in total. The van der Waals surface area contributed by atoms with Gasteiger partial charge >= 0.3 is 0 Å². The highest BCUT2D eigenvalue weighted by atomic mass is 16.5. The van der Waals surface area contributed by atoms with E-state index in [4.69, 9.17) is 10.5 Å². The molecule has 23 heavy (non-hydrogen) atoms. The largest absolute Gasteiger partial charge is 0.476 e. The third-order valence-corrected chi connectivity index (χ3v) is 3.74. The van der Waals surface area contributed by atoms with Gasteiger partial charge in [-0.3, -0.25) is 0 Å². The first-order valence-corrected chi connectivity index (χ1v) is 7.74. The van der Waals surface area contributed by atoms with Gasteiger partial charge in [0, 0.05) is 11.9 Å². The zero-order chi connectivity index (χ0) is 16.2. The quantitative estimate of drug-likeness (QED) is 0.777. The zero-order valence-corrected chi connectivity index (χ0v) is 13.4. The van der Waals surface area contributed by atoms with Gasteiger partial charge in [0.1, 0.15) is 12.0 Å². The van der Waals surface area contributed by atoms with E-state index in [1.807, 2.05) is 25.1 Å². The average molecular weight is 308 g/mol. The first-order valence-electron chi connectivity index (χ1n) is 7.74. The zero-order valence-electron chi connectivity index (χ0n) is 13.4. The Bertz CT molecular complexity index is 814. The molecule has 0 bridgehead atoms. The van der Waals surface area contributed by atoms with Gasteiger partial charge in [-0.2, -0.15) is 4.98 Å². The van der Waals surface area contributed by atoms with E-state index in [1.165, 1.54) is 11.7 Å². The van der Waals surface area contributed by atoms with Crippen molar-refractivity contribution in [1.82, 2.24) is 9.97 Å². The topological polar surface area (TPSA) is 64.3 Å². The Labute approximate surface area is 135 Å². The summed E-state index contributed by atoms with van der Waals surface area (Å²) in [5, 5.41) is 2.34. The fourth-order valence-corrected chi connectivity index (χ4v) is 2.72. The van der Waals surface area contributed by atoms with Crippen LogP contribution in [0.3, 0.4) is 0 Å². The van der Waals surface area contributed by atoms with Gasteiger partial charge in [0.25, 0.3) is 0 Å². The molecule has 0 amide bonds. The second kappa shape index (κ2) is 6.52. The minimum atomic E-state index is 0.427. The number of ether oxygens (including phenoxy) is 1. The fourth-order valence-electron chi connectivity index (χ4n) is 2.72. The molecule has 0 unspecified atom stereocenters. The summed E-state index contributed by atoms with van der Waals surface area (Å²) in [7, 11) is 0. The molecule has 0 spiro atoms. The molecular formula is C18H20N4O. The van der Waals surface area contributed by atoms with Crippen LogP contribution in [0.25, 0.3) is 10.8 Å². The summed E-state index contributed by atoms with van der Waals surface area (Å²) < 4.78 is 5.49. The van der Waals surface area contributed by atoms with E-state index in [9.17, 15) is 0 Å². The van der Waals surface area contributed by atoms with E-state index in [2.05, 4.69) is 46.1 Å². The van der Waals surface area contributed by atoms with Crippen LogP contribution in [0.2, 0.25) is 0 Å². The van der Waals surface area contributed by atoms with Gasteiger partial charge in [-0.1, -0.05) is 36.4 Å². The maximum absolute atomic E-state index is 6.24. The summed E-state index contributed by atoms with van der Waals surface area (Å²) in [6.07, 6.45) is 1.49. The molecule has 0 aliphatic rings. The van der Waals surface area contributed by atoms with E-state index in [0.29, 0.717) is 24.0 Å². The van der Waals surface area contributed by atoms with Crippen molar-refractivity contribution in [3.8, 4) is 5.88 Å². The monoisotopic (exact) mass is 308 g/mol. The van der Waals surface area contributed by atoms with Crippen LogP contribution in [0.4, 0.5) is 17.2 Å². The summed E-state index contributed by atoms with van der Waals surface area (Å²) in [5.74, 6) is 1.10. The van der Waals surface area contributed by atoms with Gasteiger partial charge in [-0.05, 0) is 25.3 Å². The minimum absolute atomic E-state index is 0.427. The number of nitrogen functional groups attached to an aromatic ring is 1. The summed E-state index contributed by atoms with van der Waals surface area (Å²) in [4.78, 5) is 10.6. The number of anilines is 3. The fraction of sp³-hybridized carbons (Fsp3) is 0.222. The number of hydrogen-bond donors (Lipinski definition) is 1. The molecule has 0 saturated heterocycles. The maximum Gasteiger partial charge on any atom is 0.242 e. The van der Waals surface area contributed by atoms with E-state index in [1.54, 1.807) is 0 Å². The standard InChI is InChI=1S/C18H20N4O/c1-3-22(17-16(19)18(23-4-2)21-12-20-17)15-11-7-9-13-8-5-6-10-14(13)15/h5-12H,3-4,19H2,1-2H3. The van der Waals surface area contributed by atoms with Crippen molar-refractivity contribution in [1.29, 1.82) is 0 Å². The maximum atomic E-state index is 6.24. The number of nitrogens with zero attached hydrogens (tertiary/aromatic N) is 3. The van der Waals surface area contributed by atoms with E-state index >= 15 is 0 Å². The molecule has 1 heterocycles. The van der Waals surface area contributed by atoms with Gasteiger partial charge in [0.2, 0.25) is 5.88 Å². The highest BCUT2D eigenvalue weighted by Crippen LogP contribution is 2.36. The lowest BCUT2D eigenvalue weighted by atomic mass is 10.1. The first kappa shape index (κ1) is 15.1. The van der Waals surface area contributed by atoms with Crippen LogP contribution in [-0.4, -0.2) is 23.1 Å².